The van der Waals surface area contributed by atoms with Crippen LogP contribution in [0.15, 0.2) is 66.9 Å². The van der Waals surface area contributed by atoms with Gasteiger partial charge in [0.25, 0.3) is 5.91 Å². The van der Waals surface area contributed by atoms with Gasteiger partial charge in [-0.15, -0.1) is 0 Å². The van der Waals surface area contributed by atoms with Gasteiger partial charge in [-0.2, -0.15) is 0 Å². The summed E-state index contributed by atoms with van der Waals surface area (Å²) in [7, 11) is 0.500. The molecular formula is C28H32ClFN2O6. The number of aromatic nitrogens is 1. The average Bonchev–Trinajstić information content (AvgIpc) is 3.27. The average molecular weight is 547 g/mol. The minimum Gasteiger partial charge on any atom is -0.396 e. The van der Waals surface area contributed by atoms with Crippen LogP contribution in [0.25, 0.3) is 21.7 Å². The molecule has 2 heterocycles. The molecule has 1 amide bonds. The van der Waals surface area contributed by atoms with Crippen molar-refractivity contribution in [1.82, 2.24) is 4.57 Å². The van der Waals surface area contributed by atoms with Gasteiger partial charge >= 0.3 is 0 Å². The van der Waals surface area contributed by atoms with Crippen LogP contribution in [-0.4, -0.2) is 69.8 Å². The van der Waals surface area contributed by atoms with Gasteiger partial charge in [0.05, 0.1) is 49.6 Å². The fraction of sp³-hybridized carbons (Fsp3) is 0.321. The molecule has 5 rings (SSSR count). The number of primary amides is 1. The lowest BCUT2D eigenvalue weighted by Crippen LogP contribution is -2.46. The Morgan fingerprint density at radius 3 is 2.39 bits per heavy atom. The molecule has 1 aliphatic rings. The molecule has 4 aromatic rings. The number of hydrogen-bond acceptors (Lipinski definition) is 6. The zero-order valence-corrected chi connectivity index (χ0v) is 21.6. The van der Waals surface area contributed by atoms with Crippen LogP contribution >= 0.6 is 11.6 Å². The maximum absolute atomic E-state index is 11.7. The number of carbonyl (C=O) groups excluding carboxylic acids is 1. The lowest BCUT2D eigenvalue weighted by atomic mass is 9.94. The minimum absolute atomic E-state index is 0.230. The molecule has 4 atom stereocenters. The Bertz CT molecular complexity index is 1350. The molecule has 1 fully saturated rings. The van der Waals surface area contributed by atoms with Crippen molar-refractivity contribution in [3.63, 3.8) is 0 Å². The molecule has 3 aromatic carbocycles. The van der Waals surface area contributed by atoms with Crippen LogP contribution < -0.4 is 5.73 Å². The number of alkyl halides is 1. The number of halogens is 2. The number of nitrogens with zero attached hydrogens (tertiary/aromatic N) is 1. The Balaban J connectivity index is 0.000000242. The van der Waals surface area contributed by atoms with Crippen LogP contribution in [0.4, 0.5) is 4.39 Å². The van der Waals surface area contributed by atoms with E-state index in [9.17, 15) is 19.4 Å². The Hall–Kier alpha value is -3.05. The highest BCUT2D eigenvalue weighted by Gasteiger charge is 2.35. The summed E-state index contributed by atoms with van der Waals surface area (Å²) < 4.78 is 16.4. The Morgan fingerprint density at radius 1 is 1.05 bits per heavy atom. The molecule has 4 unspecified atom stereocenters. The van der Waals surface area contributed by atoms with Crippen molar-refractivity contribution in [3.05, 3.63) is 83.0 Å². The number of rotatable bonds is 5. The summed E-state index contributed by atoms with van der Waals surface area (Å²) in [5.41, 5.74) is 8.09. The molecule has 1 aliphatic heterocycles. The van der Waals surface area contributed by atoms with Gasteiger partial charge in [0.15, 0.2) is 6.29 Å². The van der Waals surface area contributed by atoms with Crippen LogP contribution in [0.1, 0.15) is 22.3 Å². The molecule has 0 aliphatic carbocycles. The number of amides is 1. The molecule has 0 saturated carbocycles. The first-order valence-electron chi connectivity index (χ1n) is 12.0. The third-order valence-corrected chi connectivity index (χ3v) is 6.62. The molecule has 1 saturated heterocycles. The Labute approximate surface area is 224 Å². The summed E-state index contributed by atoms with van der Waals surface area (Å²) in [4.78, 5) is 11.7. The van der Waals surface area contributed by atoms with Gasteiger partial charge in [0.1, 0.15) is 0 Å². The van der Waals surface area contributed by atoms with E-state index in [1.807, 2.05) is 28.8 Å². The second kappa shape index (κ2) is 13.7. The van der Waals surface area contributed by atoms with E-state index in [4.69, 9.17) is 32.3 Å². The van der Waals surface area contributed by atoms with Gasteiger partial charge in [-0.1, -0.05) is 54.1 Å². The van der Waals surface area contributed by atoms with Crippen molar-refractivity contribution >= 4 is 39.2 Å². The van der Waals surface area contributed by atoms with Crippen molar-refractivity contribution < 1.29 is 34.3 Å². The Morgan fingerprint density at radius 2 is 1.76 bits per heavy atom. The fourth-order valence-corrected chi connectivity index (χ4v) is 4.61. The number of ether oxygens (including phenoxy) is 1. The SMILES string of the molecule is CF.NC(=O)c1cn(Cc2ccc3ccccc3c2)c2cc(Cl)ccc12.OCC1CC(O)C(CO)C(O)O1. The minimum atomic E-state index is -1.18. The monoisotopic (exact) mass is 546 g/mol. The number of nitrogens with two attached hydrogens (primary N) is 1. The van der Waals surface area contributed by atoms with Crippen LogP contribution in [0.5, 0.6) is 0 Å². The molecular weight excluding hydrogens is 515 g/mol. The van der Waals surface area contributed by atoms with E-state index < -0.39 is 30.3 Å². The molecule has 38 heavy (non-hydrogen) atoms. The maximum Gasteiger partial charge on any atom is 0.250 e. The molecule has 0 radical (unpaired) electrons. The number of benzene rings is 3. The van der Waals surface area contributed by atoms with Gasteiger partial charge in [-0.25, -0.2) is 0 Å². The molecule has 0 spiro atoms. The van der Waals surface area contributed by atoms with E-state index in [-0.39, 0.29) is 19.6 Å². The zero-order valence-electron chi connectivity index (χ0n) is 20.9. The van der Waals surface area contributed by atoms with Crippen molar-refractivity contribution in [2.45, 2.75) is 31.5 Å². The van der Waals surface area contributed by atoms with E-state index in [0.29, 0.717) is 24.3 Å². The third kappa shape index (κ3) is 6.87. The highest BCUT2D eigenvalue weighted by Crippen LogP contribution is 2.26. The lowest BCUT2D eigenvalue weighted by Gasteiger charge is -2.35. The molecule has 8 nitrogen and oxygen atoms in total. The number of hydrogen-bond donors (Lipinski definition) is 5. The first-order valence-corrected chi connectivity index (χ1v) is 12.4. The van der Waals surface area contributed by atoms with E-state index in [1.165, 1.54) is 10.8 Å². The van der Waals surface area contributed by atoms with Gasteiger partial charge in [0, 0.05) is 29.6 Å². The maximum atomic E-state index is 11.7. The molecule has 204 valence electrons. The highest BCUT2D eigenvalue weighted by molar-refractivity contribution is 6.31. The smallest absolute Gasteiger partial charge is 0.250 e. The predicted molar refractivity (Wildman–Crippen MR) is 145 cm³/mol. The largest absolute Gasteiger partial charge is 0.396 e. The van der Waals surface area contributed by atoms with Crippen LogP contribution in [0.3, 0.4) is 0 Å². The van der Waals surface area contributed by atoms with E-state index in [2.05, 4.69) is 30.3 Å². The lowest BCUT2D eigenvalue weighted by molar-refractivity contribution is -0.237. The van der Waals surface area contributed by atoms with Crippen molar-refractivity contribution in [2.75, 3.05) is 20.4 Å². The van der Waals surface area contributed by atoms with Crippen molar-refractivity contribution in [2.24, 2.45) is 11.7 Å². The number of fused-ring (bicyclic) bond motifs is 2. The van der Waals surface area contributed by atoms with Crippen molar-refractivity contribution in [1.29, 1.82) is 0 Å². The fourth-order valence-electron chi connectivity index (χ4n) is 4.44. The number of aliphatic hydroxyl groups is 4. The summed E-state index contributed by atoms with van der Waals surface area (Å²) >= 11 is 6.13. The third-order valence-electron chi connectivity index (χ3n) is 6.39. The van der Waals surface area contributed by atoms with Crippen LogP contribution in [0, 0.1) is 5.92 Å². The second-order valence-corrected chi connectivity index (χ2v) is 9.30. The Kier molecular flexibility index (Phi) is 10.6. The molecule has 1 aromatic heterocycles. The molecule has 10 heteroatoms. The van der Waals surface area contributed by atoms with Gasteiger partial charge in [0.2, 0.25) is 0 Å². The first-order chi connectivity index (χ1) is 18.3. The summed E-state index contributed by atoms with van der Waals surface area (Å²) in [5.74, 6) is -1.09. The van der Waals surface area contributed by atoms with E-state index >= 15 is 0 Å². The number of carbonyl (C=O) groups is 1. The van der Waals surface area contributed by atoms with Crippen LogP contribution in [0.2, 0.25) is 5.02 Å². The van der Waals surface area contributed by atoms with E-state index in [0.717, 1.165) is 16.5 Å². The normalized spacial score (nSPS) is 20.8. The van der Waals surface area contributed by atoms with Gasteiger partial charge in [-0.05, 0) is 34.5 Å². The summed E-state index contributed by atoms with van der Waals surface area (Å²) in [6.45, 7) is 0.0989. The topological polar surface area (TPSA) is 138 Å². The second-order valence-electron chi connectivity index (χ2n) is 8.86. The zero-order chi connectivity index (χ0) is 27.8. The quantitative estimate of drug-likeness (QED) is 0.260. The predicted octanol–water partition coefficient (Wildman–Crippen LogP) is 3.24. The molecule has 6 N–H and O–H groups in total. The highest BCUT2D eigenvalue weighted by atomic mass is 35.5. The summed E-state index contributed by atoms with van der Waals surface area (Å²) in [6.07, 6.45) is -0.471. The van der Waals surface area contributed by atoms with Crippen molar-refractivity contribution in [3.8, 4) is 0 Å². The van der Waals surface area contributed by atoms with Gasteiger partial charge < -0.3 is 35.5 Å². The standard InChI is InChI=1S/C20H15ClN2O.C7H14O5.CH3F/c21-16-7-8-17-18(20(22)24)12-23(19(17)10-16)11-13-5-6-14-3-1-2-4-15(14)9-13;8-2-4-1-6(10)5(3-9)7(11)12-4;1-2/h1-10,12H,11H2,(H2,22,24);4-11H,1-3H2;1H3. The summed E-state index contributed by atoms with van der Waals surface area (Å²) in [6, 6.07) is 20.1. The molecule has 0 bridgehead atoms. The summed E-state index contributed by atoms with van der Waals surface area (Å²) in [5, 5.41) is 39.8. The van der Waals surface area contributed by atoms with E-state index in [1.54, 1.807) is 12.3 Å². The van der Waals surface area contributed by atoms with Gasteiger partial charge in [-0.3, -0.25) is 9.18 Å². The number of aliphatic hydroxyl groups excluding tert-OH is 4. The first kappa shape index (κ1) is 29.5. The van der Waals surface area contributed by atoms with Crippen LogP contribution in [-0.2, 0) is 11.3 Å².